The average Bonchev–Trinajstić information content (AvgIpc) is 2.64. The highest BCUT2D eigenvalue weighted by atomic mass is 19.1. The molecule has 0 heterocycles. The second-order valence-electron chi connectivity index (χ2n) is 4.23. The van der Waals surface area contributed by atoms with Gasteiger partial charge in [-0.1, -0.05) is 0 Å². The minimum Gasteiger partial charge on any atom is -0.442 e. The minimum atomic E-state index is -1.15. The van der Waals surface area contributed by atoms with Gasteiger partial charge in [0.2, 0.25) is 0 Å². The van der Waals surface area contributed by atoms with Gasteiger partial charge in [0.1, 0.15) is 11.8 Å². The molecule has 14 heavy (non-hydrogen) atoms. The van der Waals surface area contributed by atoms with Crippen molar-refractivity contribution in [2.75, 3.05) is 0 Å². The van der Waals surface area contributed by atoms with Gasteiger partial charge >= 0.3 is 6.09 Å². The third kappa shape index (κ3) is 2.65. The molecule has 2 atom stereocenters. The van der Waals surface area contributed by atoms with E-state index in [0.29, 0.717) is 5.01 Å². The number of hydrogen-bond acceptors (Lipinski definition) is 4. The molecule has 1 fully saturated rings. The number of nitrogens with zero attached hydrogens (tertiary/aromatic N) is 2. The van der Waals surface area contributed by atoms with Gasteiger partial charge in [-0.2, -0.15) is 5.01 Å². The van der Waals surface area contributed by atoms with E-state index in [2.05, 4.69) is 5.29 Å². The zero-order chi connectivity index (χ0) is 10.9. The lowest BCUT2D eigenvalue weighted by molar-refractivity contribution is 0.0219. The average molecular weight is 204 g/mol. The molecule has 0 aromatic heterocycles. The molecule has 1 saturated carbocycles. The Labute approximate surface area is 81.2 Å². The Kier molecular flexibility index (Phi) is 2.73. The first-order valence-corrected chi connectivity index (χ1v) is 4.34. The number of alkyl halides is 1. The molecule has 0 saturated heterocycles. The van der Waals surface area contributed by atoms with Gasteiger partial charge in [0.05, 0.1) is 11.3 Å². The lowest BCUT2D eigenvalue weighted by Gasteiger charge is -2.22. The zero-order valence-corrected chi connectivity index (χ0v) is 8.36. The van der Waals surface area contributed by atoms with Crippen LogP contribution in [0.1, 0.15) is 27.2 Å². The Balaban J connectivity index is 2.53. The molecule has 0 aliphatic heterocycles. The Bertz CT molecular complexity index is 251. The van der Waals surface area contributed by atoms with Crippen LogP contribution in [0.15, 0.2) is 5.29 Å². The second kappa shape index (κ2) is 3.51. The summed E-state index contributed by atoms with van der Waals surface area (Å²) in [6.07, 6.45) is -1.89. The van der Waals surface area contributed by atoms with E-state index >= 15 is 0 Å². The molecule has 0 unspecified atom stereocenters. The van der Waals surface area contributed by atoms with Crippen LogP contribution < -0.4 is 0 Å². The van der Waals surface area contributed by atoms with E-state index in [0.717, 1.165) is 0 Å². The lowest BCUT2D eigenvalue weighted by Crippen LogP contribution is -2.35. The quantitative estimate of drug-likeness (QED) is 0.510. The molecule has 0 aromatic carbocycles. The van der Waals surface area contributed by atoms with Gasteiger partial charge in [-0.15, -0.1) is 4.91 Å². The molecule has 6 heteroatoms. The van der Waals surface area contributed by atoms with Crippen LogP contribution >= 0.6 is 0 Å². The van der Waals surface area contributed by atoms with Crippen LogP contribution in [0.25, 0.3) is 0 Å². The number of rotatable bonds is 2. The van der Waals surface area contributed by atoms with Crippen LogP contribution in [0, 0.1) is 4.91 Å². The highest BCUT2D eigenvalue weighted by Gasteiger charge is 2.47. The van der Waals surface area contributed by atoms with E-state index in [9.17, 15) is 14.1 Å². The van der Waals surface area contributed by atoms with Crippen LogP contribution in [0.3, 0.4) is 0 Å². The second-order valence-corrected chi connectivity index (χ2v) is 4.23. The molecule has 1 aliphatic rings. The Morgan fingerprint density at radius 2 is 2.07 bits per heavy atom. The molecule has 1 aliphatic carbocycles. The fraction of sp³-hybridized carbons (Fsp3) is 0.875. The fourth-order valence-electron chi connectivity index (χ4n) is 0.943. The van der Waals surface area contributed by atoms with Crippen molar-refractivity contribution >= 4 is 6.09 Å². The number of nitroso groups, excluding NO2 is 1. The molecular formula is C8H13FN2O3. The lowest BCUT2D eigenvalue weighted by atomic mass is 10.2. The third-order valence-corrected chi connectivity index (χ3v) is 1.66. The smallest absolute Gasteiger partial charge is 0.433 e. The summed E-state index contributed by atoms with van der Waals surface area (Å²) in [4.78, 5) is 21.5. The van der Waals surface area contributed by atoms with Crippen LogP contribution in [-0.4, -0.2) is 28.9 Å². The van der Waals surface area contributed by atoms with E-state index < -0.39 is 23.9 Å². The molecule has 0 N–H and O–H groups in total. The Hall–Kier alpha value is -1.20. The van der Waals surface area contributed by atoms with Crippen LogP contribution in [0.2, 0.25) is 0 Å². The van der Waals surface area contributed by atoms with Crippen molar-refractivity contribution in [3.05, 3.63) is 4.91 Å². The number of carbonyl (C=O) groups excluding carboxylic acids is 1. The first-order chi connectivity index (χ1) is 6.35. The maximum absolute atomic E-state index is 12.6. The molecule has 0 bridgehead atoms. The minimum absolute atomic E-state index is 0.158. The topological polar surface area (TPSA) is 59.0 Å². The van der Waals surface area contributed by atoms with Crippen molar-refractivity contribution in [3.8, 4) is 0 Å². The first kappa shape index (κ1) is 10.9. The van der Waals surface area contributed by atoms with Crippen molar-refractivity contribution in [2.45, 2.75) is 45.0 Å². The molecule has 0 aromatic rings. The predicted octanol–water partition coefficient (Wildman–Crippen LogP) is 2.02. The maximum atomic E-state index is 12.6. The predicted molar refractivity (Wildman–Crippen MR) is 47.2 cm³/mol. The standard InChI is InChI=1S/C8H13FN2O3/c1-8(2,3)14-7(12)11(10-13)6-4-5(6)9/h5-6H,4H2,1-3H3/t5-,6-/m0/s1. The Morgan fingerprint density at radius 3 is 2.36 bits per heavy atom. The van der Waals surface area contributed by atoms with Gasteiger partial charge in [-0.25, -0.2) is 9.18 Å². The summed E-state index contributed by atoms with van der Waals surface area (Å²) in [5, 5.41) is 2.98. The largest absolute Gasteiger partial charge is 0.442 e. The van der Waals surface area contributed by atoms with Gasteiger partial charge in [0.25, 0.3) is 0 Å². The number of amides is 1. The van der Waals surface area contributed by atoms with Crippen molar-refractivity contribution in [1.82, 2.24) is 5.01 Å². The van der Waals surface area contributed by atoms with E-state index in [-0.39, 0.29) is 6.42 Å². The van der Waals surface area contributed by atoms with Gasteiger partial charge in [-0.05, 0) is 20.8 Å². The monoisotopic (exact) mass is 204 g/mol. The van der Waals surface area contributed by atoms with E-state index in [1.165, 1.54) is 0 Å². The molecule has 1 amide bonds. The molecule has 80 valence electrons. The summed E-state index contributed by atoms with van der Waals surface area (Å²) in [5.41, 5.74) is -0.708. The summed E-state index contributed by atoms with van der Waals surface area (Å²) in [6.45, 7) is 4.98. The van der Waals surface area contributed by atoms with E-state index in [1.54, 1.807) is 20.8 Å². The summed E-state index contributed by atoms with van der Waals surface area (Å²) in [5.74, 6) is 0. The van der Waals surface area contributed by atoms with Crippen molar-refractivity contribution < 1.29 is 13.9 Å². The number of carbonyl (C=O) groups is 1. The summed E-state index contributed by atoms with van der Waals surface area (Å²) in [7, 11) is 0. The maximum Gasteiger partial charge on any atom is 0.433 e. The van der Waals surface area contributed by atoms with Crippen molar-refractivity contribution in [3.63, 3.8) is 0 Å². The summed E-state index contributed by atoms with van der Waals surface area (Å²) >= 11 is 0. The van der Waals surface area contributed by atoms with Crippen LogP contribution in [0.4, 0.5) is 9.18 Å². The van der Waals surface area contributed by atoms with Gasteiger partial charge < -0.3 is 4.74 Å². The number of hydrogen-bond donors (Lipinski definition) is 0. The van der Waals surface area contributed by atoms with Crippen LogP contribution in [0.5, 0.6) is 0 Å². The summed E-state index contributed by atoms with van der Waals surface area (Å²) < 4.78 is 17.4. The number of ether oxygens (including phenoxy) is 1. The third-order valence-electron chi connectivity index (χ3n) is 1.66. The van der Waals surface area contributed by atoms with Crippen molar-refractivity contribution in [2.24, 2.45) is 5.29 Å². The van der Waals surface area contributed by atoms with E-state index in [4.69, 9.17) is 4.74 Å². The van der Waals surface area contributed by atoms with Crippen molar-refractivity contribution in [1.29, 1.82) is 0 Å². The highest BCUT2D eigenvalue weighted by Crippen LogP contribution is 2.32. The van der Waals surface area contributed by atoms with Gasteiger partial charge in [0, 0.05) is 6.42 Å². The molecule has 0 radical (unpaired) electrons. The first-order valence-electron chi connectivity index (χ1n) is 4.34. The molecule has 5 nitrogen and oxygen atoms in total. The normalized spacial score (nSPS) is 25.4. The molecule has 1 rings (SSSR count). The zero-order valence-electron chi connectivity index (χ0n) is 8.36. The van der Waals surface area contributed by atoms with Gasteiger partial charge in [0.15, 0.2) is 0 Å². The molecular weight excluding hydrogens is 191 g/mol. The Morgan fingerprint density at radius 1 is 1.57 bits per heavy atom. The summed E-state index contributed by atoms with van der Waals surface area (Å²) in [6, 6.07) is -0.734. The van der Waals surface area contributed by atoms with Gasteiger partial charge in [-0.3, -0.25) is 0 Å². The number of halogens is 1. The van der Waals surface area contributed by atoms with Crippen LogP contribution in [-0.2, 0) is 4.74 Å². The highest BCUT2D eigenvalue weighted by molar-refractivity contribution is 5.68. The molecule has 0 spiro atoms. The SMILES string of the molecule is CC(C)(C)OC(=O)N(N=O)[C@H]1C[C@@H]1F. The fourth-order valence-corrected chi connectivity index (χ4v) is 0.943. The van der Waals surface area contributed by atoms with E-state index in [1.807, 2.05) is 0 Å².